The minimum atomic E-state index is -0.371. The molecule has 0 atom stereocenters. The van der Waals surface area contributed by atoms with E-state index in [-0.39, 0.29) is 11.4 Å². The van der Waals surface area contributed by atoms with Crippen LogP contribution in [0.5, 0.6) is 0 Å². The molecule has 0 amide bonds. The molecule has 0 spiro atoms. The molecule has 0 bridgehead atoms. The smallest absolute Gasteiger partial charge is 0.141 e. The normalized spacial score (nSPS) is 27.8. The molecule has 0 unspecified atom stereocenters. The molecule has 29 heavy (non-hydrogen) atoms. The molecule has 2 aliphatic rings. The number of nitriles is 1. The number of hydrogen-bond donors (Lipinski definition) is 0. The zero-order valence-electron chi connectivity index (χ0n) is 17.6. The summed E-state index contributed by atoms with van der Waals surface area (Å²) in [5.41, 5.74) is 1.22. The van der Waals surface area contributed by atoms with E-state index in [0.29, 0.717) is 12.2 Å². The molecule has 0 radical (unpaired) electrons. The number of allylic oxidation sites excluding steroid dienone is 1. The lowest BCUT2D eigenvalue weighted by atomic mass is 9.68. The predicted octanol–water partition coefficient (Wildman–Crippen LogP) is 8.21. The molecule has 1 aromatic carbocycles. The van der Waals surface area contributed by atoms with Gasteiger partial charge in [-0.15, -0.1) is 0 Å². The van der Waals surface area contributed by atoms with Crippen molar-refractivity contribution in [3.8, 4) is 6.07 Å². The maximum atomic E-state index is 13.9. The molecule has 2 saturated carbocycles. The van der Waals surface area contributed by atoms with E-state index in [1.54, 1.807) is 18.2 Å². The van der Waals surface area contributed by atoms with E-state index in [1.165, 1.54) is 57.8 Å². The molecular formula is C26H35F2N. The molecule has 0 aliphatic heterocycles. The Kier molecular flexibility index (Phi) is 8.71. The van der Waals surface area contributed by atoms with Gasteiger partial charge in [-0.25, -0.2) is 8.78 Å². The number of hydrogen-bond acceptors (Lipinski definition) is 1. The van der Waals surface area contributed by atoms with Crippen molar-refractivity contribution < 1.29 is 8.78 Å². The highest BCUT2D eigenvalue weighted by Crippen LogP contribution is 2.44. The number of unbranched alkanes of at least 4 members (excludes halogenated alkanes) is 3. The molecule has 0 saturated heterocycles. The topological polar surface area (TPSA) is 23.8 Å². The van der Waals surface area contributed by atoms with E-state index >= 15 is 0 Å². The largest absolute Gasteiger partial charge is 0.216 e. The monoisotopic (exact) mass is 399 g/mol. The SMILES string of the molecule is N#Cc1ccc(C2CCC(C3CCC(CCCCCC=CF)CC3)CC2)cc1F. The fraction of sp³-hybridized carbons (Fsp3) is 0.654. The van der Waals surface area contributed by atoms with Gasteiger partial charge >= 0.3 is 0 Å². The van der Waals surface area contributed by atoms with E-state index in [0.717, 1.165) is 49.0 Å². The number of rotatable bonds is 8. The summed E-state index contributed by atoms with van der Waals surface area (Å²) in [6.45, 7) is 0. The van der Waals surface area contributed by atoms with Crippen LogP contribution in [0.3, 0.4) is 0 Å². The Labute approximate surface area is 175 Å². The molecule has 1 aromatic rings. The van der Waals surface area contributed by atoms with Crippen LogP contribution < -0.4 is 0 Å². The minimum absolute atomic E-state index is 0.149. The maximum absolute atomic E-state index is 13.9. The molecule has 0 N–H and O–H groups in total. The average Bonchev–Trinajstić information content (AvgIpc) is 2.77. The summed E-state index contributed by atoms with van der Waals surface area (Å²) in [5, 5.41) is 8.90. The van der Waals surface area contributed by atoms with Crippen LogP contribution in [0, 0.1) is 34.9 Å². The van der Waals surface area contributed by atoms with Crippen LogP contribution >= 0.6 is 0 Å². The lowest BCUT2D eigenvalue weighted by Crippen LogP contribution is -2.25. The highest BCUT2D eigenvalue weighted by molar-refractivity contribution is 5.34. The van der Waals surface area contributed by atoms with Crippen molar-refractivity contribution in [2.24, 2.45) is 17.8 Å². The van der Waals surface area contributed by atoms with Crippen molar-refractivity contribution in [1.29, 1.82) is 5.26 Å². The average molecular weight is 400 g/mol. The molecule has 0 aromatic heterocycles. The van der Waals surface area contributed by atoms with Gasteiger partial charge in [-0.05, 0) is 92.7 Å². The molecule has 3 rings (SSSR count). The first-order valence-electron chi connectivity index (χ1n) is 11.7. The summed E-state index contributed by atoms with van der Waals surface area (Å²) in [4.78, 5) is 0. The molecule has 3 heteroatoms. The number of nitrogens with zero attached hydrogens (tertiary/aromatic N) is 1. The predicted molar refractivity (Wildman–Crippen MR) is 115 cm³/mol. The van der Waals surface area contributed by atoms with Gasteiger partial charge in [0.15, 0.2) is 0 Å². The van der Waals surface area contributed by atoms with Gasteiger partial charge in [0, 0.05) is 0 Å². The molecule has 1 nitrogen and oxygen atoms in total. The van der Waals surface area contributed by atoms with Crippen molar-refractivity contribution in [2.75, 3.05) is 0 Å². The van der Waals surface area contributed by atoms with Crippen molar-refractivity contribution in [3.05, 3.63) is 47.5 Å². The van der Waals surface area contributed by atoms with Gasteiger partial charge in [0.1, 0.15) is 11.9 Å². The van der Waals surface area contributed by atoms with E-state index in [2.05, 4.69) is 0 Å². The lowest BCUT2D eigenvalue weighted by molar-refractivity contribution is 0.155. The molecule has 2 fully saturated rings. The van der Waals surface area contributed by atoms with Crippen LogP contribution in [0.15, 0.2) is 30.6 Å². The van der Waals surface area contributed by atoms with Crippen LogP contribution in [0.1, 0.15) is 101 Å². The van der Waals surface area contributed by atoms with E-state index in [9.17, 15) is 8.78 Å². The first-order valence-corrected chi connectivity index (χ1v) is 11.7. The molecule has 0 heterocycles. The summed E-state index contributed by atoms with van der Waals surface area (Å²) >= 11 is 0. The van der Waals surface area contributed by atoms with Gasteiger partial charge in [0.25, 0.3) is 0 Å². The standard InChI is InChI=1S/C26H35F2N/c27-17-5-3-1-2-4-6-20-7-9-21(10-8-20)22-11-13-23(14-12-22)24-15-16-25(19-29)26(28)18-24/h5,15-18,20-23H,1-4,6-14H2. The zero-order valence-corrected chi connectivity index (χ0v) is 17.6. The second kappa shape index (κ2) is 11.5. The first kappa shape index (κ1) is 22.0. The van der Waals surface area contributed by atoms with Crippen molar-refractivity contribution in [1.82, 2.24) is 0 Å². The summed E-state index contributed by atoms with van der Waals surface area (Å²) < 4.78 is 25.9. The van der Waals surface area contributed by atoms with Gasteiger partial charge in [-0.1, -0.05) is 44.2 Å². The Balaban J connectivity index is 1.36. The van der Waals surface area contributed by atoms with Crippen LogP contribution in [0.4, 0.5) is 8.78 Å². The Hall–Kier alpha value is -1.69. The fourth-order valence-corrected chi connectivity index (χ4v) is 5.68. The summed E-state index contributed by atoms with van der Waals surface area (Å²) in [7, 11) is 0. The van der Waals surface area contributed by atoms with Crippen LogP contribution in [0.25, 0.3) is 0 Å². The molecule has 158 valence electrons. The Morgan fingerprint density at radius 2 is 1.62 bits per heavy atom. The van der Waals surface area contributed by atoms with Crippen molar-refractivity contribution >= 4 is 0 Å². The summed E-state index contributed by atoms with van der Waals surface area (Å²) in [6, 6.07) is 7.08. The van der Waals surface area contributed by atoms with Gasteiger partial charge in [-0.3, -0.25) is 0 Å². The van der Waals surface area contributed by atoms with Gasteiger partial charge < -0.3 is 0 Å². The van der Waals surface area contributed by atoms with Gasteiger partial charge in [0.2, 0.25) is 0 Å². The van der Waals surface area contributed by atoms with Gasteiger partial charge in [-0.2, -0.15) is 5.26 Å². The summed E-state index contributed by atoms with van der Waals surface area (Å²) in [5.74, 6) is 2.73. The lowest BCUT2D eigenvalue weighted by Gasteiger charge is -2.38. The quantitative estimate of drug-likeness (QED) is 0.404. The second-order valence-electron chi connectivity index (χ2n) is 9.24. The van der Waals surface area contributed by atoms with E-state index in [4.69, 9.17) is 5.26 Å². The Bertz CT molecular complexity index is 689. The first-order chi connectivity index (χ1) is 14.2. The van der Waals surface area contributed by atoms with Crippen LogP contribution in [-0.4, -0.2) is 0 Å². The Morgan fingerprint density at radius 3 is 2.24 bits per heavy atom. The zero-order chi connectivity index (χ0) is 20.5. The third-order valence-corrected chi connectivity index (χ3v) is 7.49. The summed E-state index contributed by atoms with van der Waals surface area (Å²) in [6.07, 6.45) is 18.5. The van der Waals surface area contributed by atoms with Gasteiger partial charge in [0.05, 0.1) is 11.9 Å². The van der Waals surface area contributed by atoms with Crippen LogP contribution in [0.2, 0.25) is 0 Å². The molecular weight excluding hydrogens is 364 g/mol. The van der Waals surface area contributed by atoms with Crippen molar-refractivity contribution in [3.63, 3.8) is 0 Å². The number of halogens is 2. The Morgan fingerprint density at radius 1 is 0.931 bits per heavy atom. The highest BCUT2D eigenvalue weighted by Gasteiger charge is 2.31. The van der Waals surface area contributed by atoms with E-state index in [1.807, 2.05) is 12.1 Å². The minimum Gasteiger partial charge on any atom is -0.216 e. The second-order valence-corrected chi connectivity index (χ2v) is 9.24. The fourth-order valence-electron chi connectivity index (χ4n) is 5.68. The van der Waals surface area contributed by atoms with E-state index < -0.39 is 0 Å². The third-order valence-electron chi connectivity index (χ3n) is 7.49. The third kappa shape index (κ3) is 6.39. The number of benzene rings is 1. The van der Waals surface area contributed by atoms with Crippen LogP contribution in [-0.2, 0) is 0 Å². The molecule has 2 aliphatic carbocycles. The highest BCUT2D eigenvalue weighted by atomic mass is 19.1. The maximum Gasteiger partial charge on any atom is 0.141 e. The van der Waals surface area contributed by atoms with Crippen molar-refractivity contribution in [2.45, 2.75) is 89.4 Å².